The fraction of sp³-hybridized carbons (Fsp3) is 0. The predicted octanol–water partition coefficient (Wildman–Crippen LogP) is 3.85. The molecule has 0 aliphatic carbocycles. The lowest BCUT2D eigenvalue weighted by atomic mass is 10.1. The molecule has 0 fully saturated rings. The van der Waals surface area contributed by atoms with Gasteiger partial charge in [-0.3, -0.25) is 0 Å². The summed E-state index contributed by atoms with van der Waals surface area (Å²) < 4.78 is 0. The van der Waals surface area contributed by atoms with Crippen molar-refractivity contribution in [2.24, 2.45) is 0 Å². The molecule has 74 valence electrons. The lowest BCUT2D eigenvalue weighted by Crippen LogP contribution is -1.67. The minimum absolute atomic E-state index is 1.31. The van der Waals surface area contributed by atoms with Crippen molar-refractivity contribution in [3.8, 4) is 0 Å². The summed E-state index contributed by atoms with van der Waals surface area (Å²) in [7, 11) is 0. The van der Waals surface area contributed by atoms with Crippen molar-refractivity contribution in [3.05, 3.63) is 73.1 Å². The van der Waals surface area contributed by atoms with Crippen LogP contribution in [0.1, 0.15) is 0 Å². The SMILES string of the molecule is c1cc[nH]c1.c1ccc2ccccc2c1. The molecule has 0 unspecified atom stereocenters. The molecule has 0 atom stereocenters. The summed E-state index contributed by atoms with van der Waals surface area (Å²) >= 11 is 0. The average molecular weight is 195 g/mol. The summed E-state index contributed by atoms with van der Waals surface area (Å²) in [5.74, 6) is 0. The van der Waals surface area contributed by atoms with E-state index in [2.05, 4.69) is 53.5 Å². The Morgan fingerprint density at radius 1 is 0.533 bits per heavy atom. The first-order valence-electron chi connectivity index (χ1n) is 4.98. The van der Waals surface area contributed by atoms with E-state index in [0.29, 0.717) is 0 Å². The average Bonchev–Trinajstić information content (AvgIpc) is 2.88. The maximum atomic E-state index is 2.86. The molecular weight excluding hydrogens is 182 g/mol. The Morgan fingerprint density at radius 2 is 0.933 bits per heavy atom. The fourth-order valence-electron chi connectivity index (χ4n) is 1.41. The normalized spacial score (nSPS) is 9.33. The smallest absolute Gasteiger partial charge is 0.000496 e. The van der Waals surface area contributed by atoms with Crippen molar-refractivity contribution in [2.45, 2.75) is 0 Å². The number of benzene rings is 2. The Morgan fingerprint density at radius 3 is 1.20 bits per heavy atom. The molecule has 1 heterocycles. The standard InChI is InChI=1S/C10H8.C4H5N/c1-2-6-10-8-4-3-7-9(10)5-1;1-2-4-5-3-1/h1-8H;1-5H. The van der Waals surface area contributed by atoms with Gasteiger partial charge in [0.1, 0.15) is 0 Å². The molecule has 3 aromatic rings. The molecule has 1 aromatic heterocycles. The highest BCUT2D eigenvalue weighted by Gasteiger charge is 1.85. The van der Waals surface area contributed by atoms with E-state index in [1.807, 2.05) is 24.5 Å². The van der Waals surface area contributed by atoms with Gasteiger partial charge in [0, 0.05) is 12.4 Å². The van der Waals surface area contributed by atoms with Crippen LogP contribution in [0, 0.1) is 0 Å². The van der Waals surface area contributed by atoms with Crippen molar-refractivity contribution < 1.29 is 0 Å². The molecule has 0 spiro atoms. The molecule has 2 aromatic carbocycles. The first kappa shape index (κ1) is 9.53. The molecule has 0 aliphatic heterocycles. The second-order valence-corrected chi connectivity index (χ2v) is 3.23. The van der Waals surface area contributed by atoms with Crippen LogP contribution in [0.4, 0.5) is 0 Å². The van der Waals surface area contributed by atoms with E-state index in [1.54, 1.807) is 0 Å². The summed E-state index contributed by atoms with van der Waals surface area (Å²) in [6.07, 6.45) is 3.75. The third-order valence-electron chi connectivity index (χ3n) is 2.15. The Kier molecular flexibility index (Phi) is 3.18. The zero-order valence-corrected chi connectivity index (χ0v) is 8.43. The van der Waals surface area contributed by atoms with Gasteiger partial charge in [-0.05, 0) is 22.9 Å². The highest BCUT2D eigenvalue weighted by atomic mass is 14.6. The molecule has 1 nitrogen and oxygen atoms in total. The lowest BCUT2D eigenvalue weighted by molar-refractivity contribution is 1.42. The summed E-state index contributed by atoms with van der Waals surface area (Å²) in [5, 5.41) is 2.62. The van der Waals surface area contributed by atoms with E-state index in [0.717, 1.165) is 0 Å². The monoisotopic (exact) mass is 195 g/mol. The molecule has 0 radical (unpaired) electrons. The van der Waals surface area contributed by atoms with Crippen LogP contribution < -0.4 is 0 Å². The van der Waals surface area contributed by atoms with E-state index in [4.69, 9.17) is 0 Å². The molecular formula is C14H13N. The van der Waals surface area contributed by atoms with E-state index in [9.17, 15) is 0 Å². The molecule has 0 amide bonds. The van der Waals surface area contributed by atoms with Crippen LogP contribution in [-0.2, 0) is 0 Å². The Balaban J connectivity index is 0.000000144. The quantitative estimate of drug-likeness (QED) is 0.560. The highest BCUT2D eigenvalue weighted by Crippen LogP contribution is 2.11. The Bertz CT molecular complexity index is 415. The second-order valence-electron chi connectivity index (χ2n) is 3.23. The molecule has 15 heavy (non-hydrogen) atoms. The highest BCUT2D eigenvalue weighted by molar-refractivity contribution is 5.81. The van der Waals surface area contributed by atoms with Crippen molar-refractivity contribution in [2.75, 3.05) is 0 Å². The van der Waals surface area contributed by atoms with Crippen LogP contribution in [0.2, 0.25) is 0 Å². The van der Waals surface area contributed by atoms with Crippen molar-refractivity contribution >= 4 is 10.8 Å². The van der Waals surface area contributed by atoms with Crippen LogP contribution in [0.25, 0.3) is 10.8 Å². The molecule has 0 saturated heterocycles. The second kappa shape index (κ2) is 5.01. The number of hydrogen-bond acceptors (Lipinski definition) is 0. The third kappa shape index (κ3) is 2.71. The Hall–Kier alpha value is -2.02. The summed E-state index contributed by atoms with van der Waals surface area (Å²) in [5.41, 5.74) is 0. The molecule has 1 N–H and O–H groups in total. The number of aromatic amines is 1. The van der Waals surface area contributed by atoms with Gasteiger partial charge < -0.3 is 4.98 Å². The maximum absolute atomic E-state index is 2.86. The van der Waals surface area contributed by atoms with E-state index in [-0.39, 0.29) is 0 Å². The van der Waals surface area contributed by atoms with Gasteiger partial charge >= 0.3 is 0 Å². The van der Waals surface area contributed by atoms with Gasteiger partial charge in [-0.15, -0.1) is 0 Å². The van der Waals surface area contributed by atoms with Crippen molar-refractivity contribution in [3.63, 3.8) is 0 Å². The van der Waals surface area contributed by atoms with Crippen LogP contribution in [0.5, 0.6) is 0 Å². The van der Waals surface area contributed by atoms with Crippen molar-refractivity contribution in [1.29, 1.82) is 0 Å². The minimum Gasteiger partial charge on any atom is -0.368 e. The van der Waals surface area contributed by atoms with E-state index >= 15 is 0 Å². The van der Waals surface area contributed by atoms with Gasteiger partial charge in [-0.25, -0.2) is 0 Å². The van der Waals surface area contributed by atoms with Gasteiger partial charge in [0.25, 0.3) is 0 Å². The fourth-order valence-corrected chi connectivity index (χ4v) is 1.41. The third-order valence-corrected chi connectivity index (χ3v) is 2.15. The molecule has 0 bridgehead atoms. The summed E-state index contributed by atoms with van der Waals surface area (Å²) in [4.78, 5) is 2.86. The van der Waals surface area contributed by atoms with E-state index < -0.39 is 0 Å². The zero-order valence-electron chi connectivity index (χ0n) is 8.43. The van der Waals surface area contributed by atoms with Crippen LogP contribution in [-0.4, -0.2) is 4.98 Å². The van der Waals surface area contributed by atoms with Crippen LogP contribution >= 0.6 is 0 Å². The topological polar surface area (TPSA) is 15.8 Å². The molecule has 0 saturated carbocycles. The first-order chi connectivity index (χ1) is 7.47. The lowest BCUT2D eigenvalue weighted by Gasteiger charge is -1.92. The molecule has 1 heteroatoms. The first-order valence-corrected chi connectivity index (χ1v) is 4.98. The molecule has 3 rings (SSSR count). The van der Waals surface area contributed by atoms with Gasteiger partial charge in [0.2, 0.25) is 0 Å². The largest absolute Gasteiger partial charge is 0.368 e. The number of hydrogen-bond donors (Lipinski definition) is 1. The number of aromatic nitrogens is 1. The van der Waals surface area contributed by atoms with Gasteiger partial charge in [-0.1, -0.05) is 48.5 Å². The van der Waals surface area contributed by atoms with Crippen LogP contribution in [0.3, 0.4) is 0 Å². The van der Waals surface area contributed by atoms with Gasteiger partial charge in [-0.2, -0.15) is 0 Å². The van der Waals surface area contributed by atoms with E-state index in [1.165, 1.54) is 10.8 Å². The number of nitrogens with one attached hydrogen (secondary N) is 1. The number of fused-ring (bicyclic) bond motifs is 1. The van der Waals surface area contributed by atoms with Crippen molar-refractivity contribution in [1.82, 2.24) is 4.98 Å². The van der Waals surface area contributed by atoms with Gasteiger partial charge in [0.15, 0.2) is 0 Å². The maximum Gasteiger partial charge on any atom is 0.000496 e. The zero-order chi connectivity index (χ0) is 10.3. The summed E-state index contributed by atoms with van der Waals surface area (Å²) in [6.45, 7) is 0. The number of rotatable bonds is 0. The minimum atomic E-state index is 1.31. The van der Waals surface area contributed by atoms with Gasteiger partial charge in [0.05, 0.1) is 0 Å². The predicted molar refractivity (Wildman–Crippen MR) is 64.7 cm³/mol. The number of H-pyrrole nitrogens is 1. The summed E-state index contributed by atoms with van der Waals surface area (Å²) in [6, 6.07) is 20.6. The van der Waals surface area contributed by atoms with Crippen LogP contribution in [0.15, 0.2) is 73.1 Å². The molecule has 0 aliphatic rings. The Labute approximate surface area is 89.4 Å².